The zero-order valence-electron chi connectivity index (χ0n) is 17.8. The van der Waals surface area contributed by atoms with Gasteiger partial charge in [0.15, 0.2) is 0 Å². The Balaban J connectivity index is 1.32. The quantitative estimate of drug-likeness (QED) is 0.375. The minimum atomic E-state index is -0.574. The van der Waals surface area contributed by atoms with Gasteiger partial charge in [-0.2, -0.15) is 5.10 Å². The Morgan fingerprint density at radius 2 is 1.79 bits per heavy atom. The van der Waals surface area contributed by atoms with Crippen LogP contribution in [0.5, 0.6) is 0 Å². The Bertz CT molecular complexity index is 1260. The second-order valence-electron chi connectivity index (χ2n) is 7.25. The van der Waals surface area contributed by atoms with Gasteiger partial charge in [0, 0.05) is 11.9 Å². The van der Waals surface area contributed by atoms with Crippen molar-refractivity contribution in [2.75, 3.05) is 0 Å². The topological polar surface area (TPSA) is 86.1 Å². The van der Waals surface area contributed by atoms with E-state index in [1.807, 2.05) is 60.7 Å². The highest BCUT2D eigenvalue weighted by Crippen LogP contribution is 2.24. The van der Waals surface area contributed by atoms with Gasteiger partial charge < -0.3 is 10.1 Å². The van der Waals surface area contributed by atoms with Crippen LogP contribution in [-0.4, -0.2) is 26.6 Å². The maximum Gasteiger partial charge on any atom is 0.343 e. The Morgan fingerprint density at radius 3 is 2.52 bits per heavy atom. The van der Waals surface area contributed by atoms with Crippen molar-refractivity contribution in [3.8, 4) is 5.69 Å². The highest BCUT2D eigenvalue weighted by atomic mass is 35.5. The lowest BCUT2D eigenvalue weighted by atomic mass is 10.2. The largest absolute Gasteiger partial charge is 0.455 e. The number of halogens is 1. The number of thiazole rings is 1. The smallest absolute Gasteiger partial charge is 0.343 e. The molecule has 0 aliphatic heterocycles. The van der Waals surface area contributed by atoms with Crippen molar-refractivity contribution in [1.82, 2.24) is 20.1 Å². The van der Waals surface area contributed by atoms with Crippen LogP contribution in [0.2, 0.25) is 5.15 Å². The molecule has 1 amide bonds. The highest BCUT2D eigenvalue weighted by molar-refractivity contribution is 7.09. The predicted octanol–water partition coefficient (Wildman–Crippen LogP) is 4.51. The summed E-state index contributed by atoms with van der Waals surface area (Å²) >= 11 is 7.77. The molecule has 168 valence electrons. The molecule has 4 aromatic rings. The number of para-hydroxylation sites is 1. The van der Waals surface area contributed by atoms with E-state index >= 15 is 0 Å². The highest BCUT2D eigenvalue weighted by Gasteiger charge is 2.23. The number of nitrogens with zero attached hydrogens (tertiary/aromatic N) is 3. The lowest BCUT2D eigenvalue weighted by molar-refractivity contribution is -0.120. The average molecular weight is 481 g/mol. The molecular formula is C24H21ClN4O3S. The fourth-order valence-electron chi connectivity index (χ4n) is 3.18. The molecule has 0 saturated carbocycles. The summed E-state index contributed by atoms with van der Waals surface area (Å²) in [5.74, 6) is -0.692. The number of benzene rings is 2. The zero-order chi connectivity index (χ0) is 23.2. The first-order valence-corrected chi connectivity index (χ1v) is 11.5. The third-order valence-electron chi connectivity index (χ3n) is 4.80. The molecule has 0 saturated heterocycles. The fraction of sp³-hybridized carbons (Fsp3) is 0.167. The van der Waals surface area contributed by atoms with Gasteiger partial charge in [0.25, 0.3) is 0 Å². The minimum absolute atomic E-state index is 0.0206. The molecule has 0 bridgehead atoms. The zero-order valence-corrected chi connectivity index (χ0v) is 19.4. The van der Waals surface area contributed by atoms with E-state index in [0.29, 0.717) is 22.9 Å². The van der Waals surface area contributed by atoms with Crippen LogP contribution in [-0.2, 0) is 29.1 Å². The van der Waals surface area contributed by atoms with Crippen molar-refractivity contribution < 1.29 is 14.3 Å². The number of amides is 1. The van der Waals surface area contributed by atoms with E-state index in [-0.39, 0.29) is 29.7 Å². The number of aromatic nitrogens is 3. The molecule has 7 nitrogen and oxygen atoms in total. The van der Waals surface area contributed by atoms with Gasteiger partial charge in [0.2, 0.25) is 5.91 Å². The first-order chi connectivity index (χ1) is 16.0. The summed E-state index contributed by atoms with van der Waals surface area (Å²) in [5, 5.41) is 9.85. The second-order valence-corrected chi connectivity index (χ2v) is 8.55. The summed E-state index contributed by atoms with van der Waals surface area (Å²) in [4.78, 5) is 29.2. The van der Waals surface area contributed by atoms with Crippen LogP contribution in [0.15, 0.2) is 66.0 Å². The van der Waals surface area contributed by atoms with E-state index in [0.717, 1.165) is 11.3 Å². The number of aryl methyl sites for hydroxylation is 1. The van der Waals surface area contributed by atoms with Crippen molar-refractivity contribution in [1.29, 1.82) is 0 Å². The molecule has 0 aliphatic rings. The molecule has 2 aromatic heterocycles. The van der Waals surface area contributed by atoms with Gasteiger partial charge in [-0.25, -0.2) is 14.5 Å². The van der Waals surface area contributed by atoms with Crippen LogP contribution in [0.25, 0.3) is 5.69 Å². The summed E-state index contributed by atoms with van der Waals surface area (Å²) in [6.45, 7) is 2.15. The Morgan fingerprint density at radius 1 is 1.09 bits per heavy atom. The SMILES string of the molecule is Cc1nn(-c2ccccc2)c(Cl)c1C(=O)OCc1csc(CC(=O)NCc2ccccc2)n1. The maximum atomic E-state index is 12.7. The number of ether oxygens (including phenoxy) is 1. The van der Waals surface area contributed by atoms with Gasteiger partial charge in [-0.1, -0.05) is 60.1 Å². The molecule has 0 fully saturated rings. The van der Waals surface area contributed by atoms with Crippen LogP contribution >= 0.6 is 22.9 Å². The van der Waals surface area contributed by atoms with Crippen LogP contribution in [0.4, 0.5) is 0 Å². The third-order valence-corrected chi connectivity index (χ3v) is 6.05. The summed E-state index contributed by atoms with van der Waals surface area (Å²) in [7, 11) is 0. The first-order valence-electron chi connectivity index (χ1n) is 10.2. The molecule has 0 unspecified atom stereocenters. The maximum absolute atomic E-state index is 12.7. The van der Waals surface area contributed by atoms with Gasteiger partial charge >= 0.3 is 5.97 Å². The summed E-state index contributed by atoms with van der Waals surface area (Å²) in [6.07, 6.45) is 0.167. The van der Waals surface area contributed by atoms with Crippen molar-refractivity contribution in [3.63, 3.8) is 0 Å². The van der Waals surface area contributed by atoms with Crippen molar-refractivity contribution in [2.45, 2.75) is 26.5 Å². The molecule has 0 atom stereocenters. The van der Waals surface area contributed by atoms with E-state index in [2.05, 4.69) is 15.4 Å². The molecule has 0 spiro atoms. The number of esters is 1. The second kappa shape index (κ2) is 10.4. The molecule has 2 aromatic carbocycles. The molecule has 9 heteroatoms. The molecule has 4 rings (SSSR count). The van der Waals surface area contributed by atoms with Crippen molar-refractivity contribution in [3.05, 3.63) is 98.7 Å². The number of hydrogen-bond acceptors (Lipinski definition) is 6. The van der Waals surface area contributed by atoms with E-state index in [9.17, 15) is 9.59 Å². The molecular weight excluding hydrogens is 460 g/mol. The molecule has 0 aliphatic carbocycles. The summed E-state index contributed by atoms with van der Waals surface area (Å²) in [6, 6.07) is 19.0. The molecule has 0 radical (unpaired) electrons. The Labute approximate surface area is 200 Å². The molecule has 2 heterocycles. The minimum Gasteiger partial charge on any atom is -0.455 e. The average Bonchev–Trinajstić information content (AvgIpc) is 3.40. The van der Waals surface area contributed by atoms with Crippen molar-refractivity contribution in [2.24, 2.45) is 0 Å². The van der Waals surface area contributed by atoms with Gasteiger partial charge in [0.05, 0.1) is 23.5 Å². The number of carbonyl (C=O) groups excluding carboxylic acids is 2. The normalized spacial score (nSPS) is 10.7. The van der Waals surface area contributed by atoms with Crippen LogP contribution in [0.3, 0.4) is 0 Å². The molecule has 1 N–H and O–H groups in total. The number of nitrogens with one attached hydrogen (secondary N) is 1. The monoisotopic (exact) mass is 480 g/mol. The van der Waals surface area contributed by atoms with Crippen LogP contribution in [0, 0.1) is 6.92 Å². The Kier molecular flexibility index (Phi) is 7.16. The van der Waals surface area contributed by atoms with E-state index in [1.165, 1.54) is 16.0 Å². The summed E-state index contributed by atoms with van der Waals surface area (Å²) in [5.41, 5.74) is 3.05. The van der Waals surface area contributed by atoms with Crippen molar-refractivity contribution >= 4 is 34.8 Å². The number of carbonyl (C=O) groups is 2. The predicted molar refractivity (Wildman–Crippen MR) is 127 cm³/mol. The van der Waals surface area contributed by atoms with Gasteiger partial charge in [0.1, 0.15) is 22.3 Å². The van der Waals surface area contributed by atoms with Gasteiger partial charge in [-0.15, -0.1) is 11.3 Å². The van der Waals surface area contributed by atoms with E-state index in [4.69, 9.17) is 16.3 Å². The van der Waals surface area contributed by atoms with E-state index in [1.54, 1.807) is 12.3 Å². The standard InChI is InChI=1S/C24H21ClN4O3S/c1-16-22(23(25)29(28-16)19-10-6-3-7-11-19)24(31)32-14-18-15-33-21(27-18)12-20(30)26-13-17-8-4-2-5-9-17/h2-11,15H,12-14H2,1H3,(H,26,30). The summed E-state index contributed by atoms with van der Waals surface area (Å²) < 4.78 is 6.92. The van der Waals surface area contributed by atoms with Gasteiger partial charge in [-0.3, -0.25) is 4.79 Å². The van der Waals surface area contributed by atoms with Crippen LogP contribution in [0.1, 0.15) is 32.3 Å². The lowest BCUT2D eigenvalue weighted by Crippen LogP contribution is -2.24. The van der Waals surface area contributed by atoms with Gasteiger partial charge in [-0.05, 0) is 24.6 Å². The lowest BCUT2D eigenvalue weighted by Gasteiger charge is -2.04. The number of hydrogen-bond donors (Lipinski definition) is 1. The third kappa shape index (κ3) is 5.66. The Hall–Kier alpha value is -3.49. The molecule has 33 heavy (non-hydrogen) atoms. The fourth-order valence-corrected chi connectivity index (χ4v) is 4.30. The first kappa shape index (κ1) is 22.7. The van der Waals surface area contributed by atoms with E-state index < -0.39 is 5.97 Å². The number of rotatable bonds is 8. The van der Waals surface area contributed by atoms with Crippen LogP contribution < -0.4 is 5.32 Å².